The van der Waals surface area contributed by atoms with E-state index >= 15 is 0 Å². The van der Waals surface area contributed by atoms with Gasteiger partial charge in [-0.1, -0.05) is 13.8 Å². The van der Waals surface area contributed by atoms with E-state index in [-0.39, 0.29) is 6.61 Å². The fraction of sp³-hybridized carbons (Fsp3) is 0.765. The van der Waals surface area contributed by atoms with Crippen LogP contribution >= 0.6 is 0 Å². The Kier molecular flexibility index (Phi) is 8.69. The number of aromatic nitrogens is 1. The molecular weight excluding hydrogens is 292 g/mol. The molecule has 0 aliphatic heterocycles. The molecule has 0 saturated heterocycles. The van der Waals surface area contributed by atoms with Crippen LogP contribution in [0.3, 0.4) is 0 Å². The number of guanidine groups is 1. The van der Waals surface area contributed by atoms with E-state index in [4.69, 9.17) is 4.42 Å². The molecular formula is C17H32N4O2. The zero-order valence-corrected chi connectivity index (χ0v) is 15.1. The van der Waals surface area contributed by atoms with Gasteiger partial charge in [0.05, 0.1) is 5.69 Å². The molecule has 0 fully saturated rings. The first-order valence-corrected chi connectivity index (χ1v) is 8.52. The summed E-state index contributed by atoms with van der Waals surface area (Å²) in [7, 11) is 0. The summed E-state index contributed by atoms with van der Waals surface area (Å²) < 4.78 is 5.55. The lowest BCUT2D eigenvalue weighted by Crippen LogP contribution is -2.40. The highest BCUT2D eigenvalue weighted by Gasteiger charge is 2.12. The van der Waals surface area contributed by atoms with Gasteiger partial charge >= 0.3 is 0 Å². The van der Waals surface area contributed by atoms with Crippen molar-refractivity contribution in [2.45, 2.75) is 54.0 Å². The second kappa shape index (κ2) is 10.3. The first-order valence-electron chi connectivity index (χ1n) is 8.52. The van der Waals surface area contributed by atoms with Gasteiger partial charge in [-0.15, -0.1) is 0 Å². The molecule has 6 nitrogen and oxygen atoms in total. The topological polar surface area (TPSA) is 82.7 Å². The summed E-state index contributed by atoms with van der Waals surface area (Å²) in [5.74, 6) is 3.29. The average molecular weight is 324 g/mol. The molecule has 0 aromatic carbocycles. The summed E-state index contributed by atoms with van der Waals surface area (Å²) in [6.45, 7) is 12.5. The molecule has 1 atom stereocenters. The van der Waals surface area contributed by atoms with Crippen LogP contribution in [-0.2, 0) is 6.54 Å². The molecule has 0 radical (unpaired) electrons. The first-order chi connectivity index (χ1) is 11.0. The molecule has 0 bridgehead atoms. The van der Waals surface area contributed by atoms with Crippen molar-refractivity contribution >= 4 is 5.96 Å². The Morgan fingerprint density at radius 2 is 2.04 bits per heavy atom. The van der Waals surface area contributed by atoms with Crippen LogP contribution in [0.2, 0.25) is 0 Å². The lowest BCUT2D eigenvalue weighted by molar-refractivity contribution is 0.243. The van der Waals surface area contributed by atoms with Crippen LogP contribution in [0.5, 0.6) is 0 Å². The molecule has 1 aromatic rings. The number of hydrogen-bond donors (Lipinski definition) is 3. The number of aliphatic hydroxyl groups is 1. The molecule has 0 amide bonds. The van der Waals surface area contributed by atoms with Gasteiger partial charge in [0.1, 0.15) is 12.3 Å². The van der Waals surface area contributed by atoms with Crippen LogP contribution in [0.25, 0.3) is 0 Å². The number of aliphatic hydroxyl groups excluding tert-OH is 1. The van der Waals surface area contributed by atoms with E-state index in [1.807, 2.05) is 20.8 Å². The van der Waals surface area contributed by atoms with Gasteiger partial charge in [0.2, 0.25) is 5.89 Å². The number of hydrogen-bond acceptors (Lipinski definition) is 4. The zero-order chi connectivity index (χ0) is 17.2. The monoisotopic (exact) mass is 324 g/mol. The molecule has 1 rings (SSSR count). The van der Waals surface area contributed by atoms with Crippen molar-refractivity contribution in [3.8, 4) is 0 Å². The van der Waals surface area contributed by atoms with Gasteiger partial charge in [-0.3, -0.25) is 0 Å². The van der Waals surface area contributed by atoms with Crippen LogP contribution in [0.15, 0.2) is 9.41 Å². The van der Waals surface area contributed by atoms with E-state index < -0.39 is 0 Å². The quantitative estimate of drug-likeness (QED) is 0.480. The summed E-state index contributed by atoms with van der Waals surface area (Å²) in [6, 6.07) is 0. The molecule has 23 heavy (non-hydrogen) atoms. The largest absolute Gasteiger partial charge is 0.444 e. The maximum atomic E-state index is 9.20. The summed E-state index contributed by atoms with van der Waals surface area (Å²) in [5, 5.41) is 15.8. The van der Waals surface area contributed by atoms with E-state index in [1.54, 1.807) is 0 Å². The summed E-state index contributed by atoms with van der Waals surface area (Å²) in [5.41, 5.74) is 0.910. The molecule has 6 heteroatoms. The van der Waals surface area contributed by atoms with Gasteiger partial charge in [0.15, 0.2) is 5.96 Å². The Hall–Kier alpha value is -1.56. The Bertz CT molecular complexity index is 463. The third-order valence-electron chi connectivity index (χ3n) is 3.69. The van der Waals surface area contributed by atoms with Crippen molar-refractivity contribution in [3.05, 3.63) is 17.3 Å². The molecule has 132 valence electrons. The minimum atomic E-state index is 0.224. The maximum Gasteiger partial charge on any atom is 0.216 e. The van der Waals surface area contributed by atoms with E-state index in [0.717, 1.165) is 43.3 Å². The summed E-state index contributed by atoms with van der Waals surface area (Å²) >= 11 is 0. The molecule has 0 aliphatic rings. The van der Waals surface area contributed by atoms with Crippen LogP contribution < -0.4 is 10.6 Å². The van der Waals surface area contributed by atoms with Crippen molar-refractivity contribution in [2.75, 3.05) is 19.7 Å². The normalized spacial score (nSPS) is 13.4. The highest BCUT2D eigenvalue weighted by Crippen LogP contribution is 2.14. The Labute approximate surface area is 139 Å². The lowest BCUT2D eigenvalue weighted by Gasteiger charge is -2.20. The fourth-order valence-corrected chi connectivity index (χ4v) is 2.49. The van der Waals surface area contributed by atoms with E-state index in [2.05, 4.69) is 34.5 Å². The number of oxazole rings is 1. The predicted octanol–water partition coefficient (Wildman–Crippen LogP) is 2.39. The van der Waals surface area contributed by atoms with Gasteiger partial charge < -0.3 is 20.2 Å². The second-order valence-electron chi connectivity index (χ2n) is 6.33. The SMILES string of the molecule is CCNC(=NCc1nc(C)c(C)o1)NCC(CCO)CC(C)C. The molecule has 0 saturated carbocycles. The van der Waals surface area contributed by atoms with Crippen LogP contribution in [0, 0.1) is 25.7 Å². The summed E-state index contributed by atoms with van der Waals surface area (Å²) in [6.07, 6.45) is 1.90. The first kappa shape index (κ1) is 19.5. The van der Waals surface area contributed by atoms with E-state index in [1.165, 1.54) is 0 Å². The minimum Gasteiger partial charge on any atom is -0.444 e. The standard InChI is InChI=1S/C17H32N4O2/c1-6-18-17(19-10-15(7-8-22)9-12(2)3)20-11-16-21-13(4)14(5)23-16/h12,15,22H,6-11H2,1-5H3,(H2,18,19,20). The van der Waals surface area contributed by atoms with Crippen molar-refractivity contribution in [1.82, 2.24) is 15.6 Å². The lowest BCUT2D eigenvalue weighted by atomic mass is 9.94. The van der Waals surface area contributed by atoms with Crippen molar-refractivity contribution in [3.63, 3.8) is 0 Å². The number of aryl methyl sites for hydroxylation is 2. The maximum absolute atomic E-state index is 9.20. The smallest absolute Gasteiger partial charge is 0.216 e. The van der Waals surface area contributed by atoms with Crippen LogP contribution in [-0.4, -0.2) is 35.7 Å². The Morgan fingerprint density at radius 1 is 1.30 bits per heavy atom. The number of aliphatic imine (C=N–C) groups is 1. The van der Waals surface area contributed by atoms with Crippen LogP contribution in [0.4, 0.5) is 0 Å². The molecule has 3 N–H and O–H groups in total. The molecule has 0 aliphatic carbocycles. The number of rotatable bonds is 9. The van der Waals surface area contributed by atoms with Gasteiger partial charge in [-0.25, -0.2) is 9.98 Å². The number of nitrogens with one attached hydrogen (secondary N) is 2. The average Bonchev–Trinajstić information content (AvgIpc) is 2.80. The van der Waals surface area contributed by atoms with Gasteiger partial charge in [-0.2, -0.15) is 0 Å². The van der Waals surface area contributed by atoms with Crippen molar-refractivity contribution in [2.24, 2.45) is 16.8 Å². The van der Waals surface area contributed by atoms with E-state index in [0.29, 0.717) is 24.3 Å². The summed E-state index contributed by atoms with van der Waals surface area (Å²) in [4.78, 5) is 8.87. The number of nitrogens with zero attached hydrogens (tertiary/aromatic N) is 2. The zero-order valence-electron chi connectivity index (χ0n) is 15.1. The van der Waals surface area contributed by atoms with Gasteiger partial charge in [-0.05, 0) is 45.4 Å². The van der Waals surface area contributed by atoms with Gasteiger partial charge in [0, 0.05) is 19.7 Å². The van der Waals surface area contributed by atoms with Crippen molar-refractivity contribution in [1.29, 1.82) is 0 Å². The third kappa shape index (κ3) is 7.50. The Morgan fingerprint density at radius 3 is 2.57 bits per heavy atom. The fourth-order valence-electron chi connectivity index (χ4n) is 2.49. The molecule has 1 aromatic heterocycles. The highest BCUT2D eigenvalue weighted by molar-refractivity contribution is 5.79. The second-order valence-corrected chi connectivity index (χ2v) is 6.33. The molecule has 0 spiro atoms. The highest BCUT2D eigenvalue weighted by atomic mass is 16.4. The van der Waals surface area contributed by atoms with Gasteiger partial charge in [0.25, 0.3) is 0 Å². The minimum absolute atomic E-state index is 0.224. The van der Waals surface area contributed by atoms with E-state index in [9.17, 15) is 5.11 Å². The van der Waals surface area contributed by atoms with Crippen LogP contribution in [0.1, 0.15) is 51.0 Å². The third-order valence-corrected chi connectivity index (χ3v) is 3.69. The predicted molar refractivity (Wildman–Crippen MR) is 93.4 cm³/mol. The molecule has 1 unspecified atom stereocenters. The Balaban J connectivity index is 2.60. The van der Waals surface area contributed by atoms with Crippen molar-refractivity contribution < 1.29 is 9.52 Å². The molecule has 1 heterocycles.